The third kappa shape index (κ3) is 5.59. The number of fused-ring (bicyclic) bond motifs is 1. The molecule has 0 unspecified atom stereocenters. The molecule has 0 atom stereocenters. The summed E-state index contributed by atoms with van der Waals surface area (Å²) in [6.07, 6.45) is 6.50. The molecular weight excluding hydrogens is 494 g/mol. The zero-order valence-corrected chi connectivity index (χ0v) is 22.5. The van der Waals surface area contributed by atoms with Crippen LogP contribution in [0.2, 0.25) is 0 Å². The molecule has 1 aliphatic heterocycles. The van der Waals surface area contributed by atoms with Gasteiger partial charge < -0.3 is 19.4 Å². The van der Waals surface area contributed by atoms with E-state index in [1.165, 1.54) is 5.56 Å². The maximum Gasteiger partial charge on any atom is 0.280 e. The summed E-state index contributed by atoms with van der Waals surface area (Å²) in [6, 6.07) is 10.1. The molecule has 4 heterocycles. The van der Waals surface area contributed by atoms with Gasteiger partial charge >= 0.3 is 0 Å². The highest BCUT2D eigenvalue weighted by atomic mass is 16.5. The Kier molecular flexibility index (Phi) is 7.16. The number of ether oxygens (including phenoxy) is 1. The monoisotopic (exact) mass is 529 g/mol. The lowest BCUT2D eigenvalue weighted by atomic mass is 9.93. The Hall–Kier alpha value is -3.60. The first-order valence-electron chi connectivity index (χ1n) is 13.7. The average molecular weight is 530 g/mol. The number of carbonyl (C=O) groups is 1. The molecule has 3 aromatic heterocycles. The van der Waals surface area contributed by atoms with E-state index in [-0.39, 0.29) is 18.1 Å². The van der Waals surface area contributed by atoms with Crippen LogP contribution in [-0.2, 0) is 18.3 Å². The Morgan fingerprint density at radius 2 is 1.95 bits per heavy atom. The molecule has 1 saturated carbocycles. The van der Waals surface area contributed by atoms with E-state index in [1.54, 1.807) is 23.0 Å². The molecule has 2 aliphatic rings. The minimum atomic E-state index is -0.324. The molecule has 1 aliphatic carbocycles. The first kappa shape index (κ1) is 25.7. The number of aliphatic hydroxyl groups is 1. The van der Waals surface area contributed by atoms with Gasteiger partial charge in [0.25, 0.3) is 5.91 Å². The van der Waals surface area contributed by atoms with Crippen molar-refractivity contribution >= 4 is 16.9 Å². The number of nitrogens with zero attached hydrogens (tertiary/aromatic N) is 6. The molecule has 2 N–H and O–H groups in total. The van der Waals surface area contributed by atoms with Crippen molar-refractivity contribution in [2.75, 3.05) is 26.3 Å². The van der Waals surface area contributed by atoms with Crippen LogP contribution in [0, 0.1) is 6.92 Å². The number of aromatic nitrogens is 5. The highest BCUT2D eigenvalue weighted by Crippen LogP contribution is 2.30. The predicted molar refractivity (Wildman–Crippen MR) is 147 cm³/mol. The second kappa shape index (κ2) is 10.9. The van der Waals surface area contributed by atoms with Crippen molar-refractivity contribution < 1.29 is 14.6 Å². The van der Waals surface area contributed by atoms with Crippen LogP contribution >= 0.6 is 0 Å². The maximum absolute atomic E-state index is 13.5. The summed E-state index contributed by atoms with van der Waals surface area (Å²) >= 11 is 0. The molecule has 1 amide bonds. The summed E-state index contributed by atoms with van der Waals surface area (Å²) in [4.78, 5) is 28.6. The van der Waals surface area contributed by atoms with Crippen molar-refractivity contribution in [2.24, 2.45) is 12.0 Å². The Balaban J connectivity index is 1.40. The fourth-order valence-electron chi connectivity index (χ4n) is 5.71. The van der Waals surface area contributed by atoms with Crippen LogP contribution in [0.25, 0.3) is 22.3 Å². The van der Waals surface area contributed by atoms with E-state index >= 15 is 0 Å². The molecule has 10 nitrogen and oxygen atoms in total. The highest BCUT2D eigenvalue weighted by Gasteiger charge is 2.24. The molecule has 39 heavy (non-hydrogen) atoms. The lowest BCUT2D eigenvalue weighted by Crippen LogP contribution is -2.35. The number of rotatable bonds is 5. The van der Waals surface area contributed by atoms with Gasteiger partial charge in [-0.15, -0.1) is 0 Å². The van der Waals surface area contributed by atoms with Crippen molar-refractivity contribution in [1.82, 2.24) is 29.2 Å². The van der Waals surface area contributed by atoms with Gasteiger partial charge in [0.1, 0.15) is 0 Å². The summed E-state index contributed by atoms with van der Waals surface area (Å²) in [5.41, 5.74) is 6.52. The average Bonchev–Trinajstić information content (AvgIpc) is 3.52. The molecule has 1 aromatic carbocycles. The van der Waals surface area contributed by atoms with Crippen LogP contribution in [0.1, 0.15) is 53.3 Å². The van der Waals surface area contributed by atoms with E-state index in [0.717, 1.165) is 80.8 Å². The van der Waals surface area contributed by atoms with Crippen molar-refractivity contribution in [1.29, 1.82) is 0 Å². The number of carbonyl (C=O) groups excluding carboxylic acids is 1. The van der Waals surface area contributed by atoms with Crippen LogP contribution in [-0.4, -0.2) is 72.6 Å². The number of morpholine rings is 1. The third-order valence-corrected chi connectivity index (χ3v) is 7.75. The number of imidazole rings is 1. The minimum Gasteiger partial charge on any atom is -0.393 e. The number of hydrogen-bond acceptors (Lipinski definition) is 6. The molecule has 10 heteroatoms. The van der Waals surface area contributed by atoms with Gasteiger partial charge in [-0.05, 0) is 62.4 Å². The predicted octanol–water partition coefficient (Wildman–Crippen LogP) is 3.12. The van der Waals surface area contributed by atoms with Gasteiger partial charge in [0.05, 0.1) is 42.2 Å². The molecule has 4 aromatic rings. The standard InChI is InChI=1S/C29H35N7O3/c1-19-13-21(15-26(31-19)22-16-30-34(2)18-22)28(38)33-29-32-25-8-3-20(17-35-9-11-39-12-10-35)14-27(25)36(29)23-4-6-24(37)7-5-23/h3,8,13-16,18,23-24,37H,4-7,9-12,17H2,1-2H3,(H,32,33,38)/t23-,24+. The molecule has 0 radical (unpaired) electrons. The number of aryl methyl sites for hydroxylation is 2. The van der Waals surface area contributed by atoms with Crippen molar-refractivity contribution in [3.8, 4) is 11.3 Å². The number of aliphatic hydroxyl groups excluding tert-OH is 1. The van der Waals surface area contributed by atoms with E-state index < -0.39 is 0 Å². The number of aromatic amines is 1. The van der Waals surface area contributed by atoms with E-state index in [0.29, 0.717) is 16.9 Å². The SMILES string of the molecule is Cc1cc(C(=O)/N=c2\[nH]c3ccc(CN4CCOCC4)cc3n2[C@H]2CC[C@@H](O)CC2)cc(-c2cnn(C)c2)n1. The number of H-pyrrole nitrogens is 1. The number of pyridine rings is 1. The lowest BCUT2D eigenvalue weighted by Gasteiger charge is -2.28. The number of nitrogens with one attached hydrogen (secondary N) is 1. The van der Waals surface area contributed by atoms with E-state index in [9.17, 15) is 9.90 Å². The molecule has 6 rings (SSSR count). The third-order valence-electron chi connectivity index (χ3n) is 7.75. The van der Waals surface area contributed by atoms with Gasteiger partial charge in [0, 0.05) is 55.7 Å². The number of amides is 1. The van der Waals surface area contributed by atoms with Gasteiger partial charge in [0.2, 0.25) is 5.62 Å². The molecule has 0 spiro atoms. The summed E-state index contributed by atoms with van der Waals surface area (Å²) in [6.45, 7) is 6.11. The molecular formula is C29H35N7O3. The Labute approximate surface area is 227 Å². The second-order valence-electron chi connectivity index (χ2n) is 10.7. The zero-order valence-electron chi connectivity index (χ0n) is 22.5. The summed E-state index contributed by atoms with van der Waals surface area (Å²) in [5, 5.41) is 14.4. The van der Waals surface area contributed by atoms with Gasteiger partial charge in [-0.3, -0.25) is 19.4 Å². The number of hydrogen-bond donors (Lipinski definition) is 2. The zero-order chi connectivity index (χ0) is 26.9. The van der Waals surface area contributed by atoms with Gasteiger partial charge in [-0.1, -0.05) is 6.07 Å². The van der Waals surface area contributed by atoms with E-state index in [1.807, 2.05) is 20.2 Å². The van der Waals surface area contributed by atoms with Crippen LogP contribution in [0.3, 0.4) is 0 Å². The van der Waals surface area contributed by atoms with Crippen LogP contribution < -0.4 is 5.62 Å². The molecule has 0 bridgehead atoms. The normalized spacial score (nSPS) is 21.1. The van der Waals surface area contributed by atoms with E-state index in [2.05, 4.69) is 47.7 Å². The molecule has 2 fully saturated rings. The van der Waals surface area contributed by atoms with Crippen LogP contribution in [0.15, 0.2) is 47.7 Å². The van der Waals surface area contributed by atoms with Crippen molar-refractivity contribution in [3.63, 3.8) is 0 Å². The molecule has 1 saturated heterocycles. The Bertz CT molecular complexity index is 1550. The first-order valence-corrected chi connectivity index (χ1v) is 13.7. The topological polar surface area (TPSA) is 114 Å². The van der Waals surface area contributed by atoms with Crippen LogP contribution in [0.4, 0.5) is 0 Å². The largest absolute Gasteiger partial charge is 0.393 e. The van der Waals surface area contributed by atoms with Gasteiger partial charge in [-0.2, -0.15) is 10.1 Å². The Morgan fingerprint density at radius 3 is 2.69 bits per heavy atom. The smallest absolute Gasteiger partial charge is 0.280 e. The fraction of sp³-hybridized carbons (Fsp3) is 0.448. The second-order valence-corrected chi connectivity index (χ2v) is 10.7. The van der Waals surface area contributed by atoms with E-state index in [4.69, 9.17) is 4.74 Å². The van der Waals surface area contributed by atoms with Crippen molar-refractivity contribution in [2.45, 2.75) is 51.3 Å². The lowest BCUT2D eigenvalue weighted by molar-refractivity contribution is 0.0342. The Morgan fingerprint density at radius 1 is 1.15 bits per heavy atom. The minimum absolute atomic E-state index is 0.150. The van der Waals surface area contributed by atoms with Crippen molar-refractivity contribution in [3.05, 3.63) is 65.2 Å². The maximum atomic E-state index is 13.5. The van der Waals surface area contributed by atoms with Gasteiger partial charge in [-0.25, -0.2) is 0 Å². The fourth-order valence-corrected chi connectivity index (χ4v) is 5.71. The number of benzene rings is 1. The van der Waals surface area contributed by atoms with Gasteiger partial charge in [0.15, 0.2) is 0 Å². The molecule has 204 valence electrons. The first-order chi connectivity index (χ1) is 18.9. The highest BCUT2D eigenvalue weighted by molar-refractivity contribution is 5.96. The summed E-state index contributed by atoms with van der Waals surface area (Å²) < 4.78 is 9.40. The quantitative estimate of drug-likeness (QED) is 0.411. The summed E-state index contributed by atoms with van der Waals surface area (Å²) in [7, 11) is 1.85. The summed E-state index contributed by atoms with van der Waals surface area (Å²) in [5.74, 6) is -0.324. The van der Waals surface area contributed by atoms with Crippen LogP contribution in [0.5, 0.6) is 0 Å².